The average Bonchev–Trinajstić information content (AvgIpc) is 2.10. The van der Waals surface area contributed by atoms with Crippen molar-refractivity contribution in [2.75, 3.05) is 5.73 Å². The van der Waals surface area contributed by atoms with E-state index in [4.69, 9.17) is 10.8 Å². The first-order valence-electron chi connectivity index (χ1n) is 3.57. The number of hydrogen-bond acceptors (Lipinski definition) is 3. The minimum Gasteiger partial charge on any atom is -0.391 e. The second-order valence-corrected chi connectivity index (χ2v) is 2.77. The van der Waals surface area contributed by atoms with Gasteiger partial charge in [-0.25, -0.2) is 0 Å². The molecule has 0 bridgehead atoms. The third kappa shape index (κ3) is 1.94. The number of anilines is 1. The first kappa shape index (κ1) is 8.07. The predicted molar refractivity (Wildman–Crippen MR) is 43.1 cm³/mol. The number of nitrogen functional groups attached to an aromatic ring is 1. The SMILES string of the molecule is Cc1cn(CC(C)O)nc1N. The van der Waals surface area contributed by atoms with Crippen molar-refractivity contribution in [2.24, 2.45) is 0 Å². The fourth-order valence-corrected chi connectivity index (χ4v) is 0.900. The number of aliphatic hydroxyl groups excluding tert-OH is 1. The van der Waals surface area contributed by atoms with Gasteiger partial charge in [-0.1, -0.05) is 0 Å². The lowest BCUT2D eigenvalue weighted by molar-refractivity contribution is 0.168. The topological polar surface area (TPSA) is 64.1 Å². The van der Waals surface area contributed by atoms with Gasteiger partial charge in [0.15, 0.2) is 0 Å². The van der Waals surface area contributed by atoms with E-state index in [1.165, 1.54) is 0 Å². The summed E-state index contributed by atoms with van der Waals surface area (Å²) < 4.78 is 1.65. The van der Waals surface area contributed by atoms with Gasteiger partial charge >= 0.3 is 0 Å². The molecular weight excluding hydrogens is 142 g/mol. The molecule has 1 aromatic rings. The van der Waals surface area contributed by atoms with Crippen molar-refractivity contribution in [3.05, 3.63) is 11.8 Å². The summed E-state index contributed by atoms with van der Waals surface area (Å²) in [5.41, 5.74) is 6.45. The smallest absolute Gasteiger partial charge is 0.148 e. The van der Waals surface area contributed by atoms with Gasteiger partial charge in [-0.15, -0.1) is 0 Å². The van der Waals surface area contributed by atoms with E-state index < -0.39 is 0 Å². The van der Waals surface area contributed by atoms with Crippen LogP contribution in [0.2, 0.25) is 0 Å². The first-order valence-corrected chi connectivity index (χ1v) is 3.57. The van der Waals surface area contributed by atoms with E-state index in [0.29, 0.717) is 12.4 Å². The van der Waals surface area contributed by atoms with Crippen LogP contribution in [0.25, 0.3) is 0 Å². The summed E-state index contributed by atoms with van der Waals surface area (Å²) in [6, 6.07) is 0. The molecule has 1 aromatic heterocycles. The zero-order valence-electron chi connectivity index (χ0n) is 6.78. The molecule has 1 rings (SSSR count). The van der Waals surface area contributed by atoms with Crippen molar-refractivity contribution in [3.8, 4) is 0 Å². The number of nitrogens with zero attached hydrogens (tertiary/aromatic N) is 2. The summed E-state index contributed by atoms with van der Waals surface area (Å²) in [7, 11) is 0. The molecule has 1 atom stereocenters. The van der Waals surface area contributed by atoms with E-state index in [2.05, 4.69) is 5.10 Å². The zero-order valence-corrected chi connectivity index (χ0v) is 6.78. The first-order chi connectivity index (χ1) is 5.09. The lowest BCUT2D eigenvalue weighted by Gasteiger charge is -2.02. The summed E-state index contributed by atoms with van der Waals surface area (Å²) in [6.07, 6.45) is 1.44. The largest absolute Gasteiger partial charge is 0.391 e. The van der Waals surface area contributed by atoms with Gasteiger partial charge < -0.3 is 10.8 Å². The Labute approximate surface area is 65.6 Å². The molecule has 0 aliphatic carbocycles. The van der Waals surface area contributed by atoms with Crippen molar-refractivity contribution >= 4 is 5.82 Å². The van der Waals surface area contributed by atoms with Crippen LogP contribution >= 0.6 is 0 Å². The van der Waals surface area contributed by atoms with Crippen LogP contribution in [0.4, 0.5) is 5.82 Å². The van der Waals surface area contributed by atoms with E-state index in [1.807, 2.05) is 13.1 Å². The number of aryl methyl sites for hydroxylation is 1. The van der Waals surface area contributed by atoms with Crippen LogP contribution in [0.5, 0.6) is 0 Å². The van der Waals surface area contributed by atoms with Crippen molar-refractivity contribution in [1.82, 2.24) is 9.78 Å². The maximum Gasteiger partial charge on any atom is 0.148 e. The number of nitrogens with two attached hydrogens (primary N) is 1. The molecule has 11 heavy (non-hydrogen) atoms. The van der Waals surface area contributed by atoms with E-state index in [9.17, 15) is 0 Å². The van der Waals surface area contributed by atoms with Gasteiger partial charge in [0.05, 0.1) is 12.6 Å². The maximum atomic E-state index is 9.00. The molecule has 0 radical (unpaired) electrons. The molecule has 0 aliphatic heterocycles. The normalized spacial score (nSPS) is 13.4. The highest BCUT2D eigenvalue weighted by Crippen LogP contribution is 2.06. The lowest BCUT2D eigenvalue weighted by Crippen LogP contribution is -2.12. The molecule has 0 aromatic carbocycles. The molecule has 0 saturated heterocycles. The van der Waals surface area contributed by atoms with Gasteiger partial charge in [0.25, 0.3) is 0 Å². The van der Waals surface area contributed by atoms with E-state index >= 15 is 0 Å². The molecule has 0 spiro atoms. The summed E-state index contributed by atoms with van der Waals surface area (Å²) in [4.78, 5) is 0. The zero-order chi connectivity index (χ0) is 8.43. The molecule has 3 N–H and O–H groups in total. The fourth-order valence-electron chi connectivity index (χ4n) is 0.900. The standard InChI is InChI=1S/C7H13N3O/c1-5-3-10(4-6(2)11)9-7(5)8/h3,6,11H,4H2,1-2H3,(H2,8,9). The molecule has 0 amide bonds. The van der Waals surface area contributed by atoms with Crippen LogP contribution in [0.15, 0.2) is 6.20 Å². The van der Waals surface area contributed by atoms with Crippen LogP contribution in [0.3, 0.4) is 0 Å². The van der Waals surface area contributed by atoms with Gasteiger partial charge in [0.2, 0.25) is 0 Å². The summed E-state index contributed by atoms with van der Waals surface area (Å²) in [5.74, 6) is 0.533. The number of aromatic nitrogens is 2. The van der Waals surface area contributed by atoms with Crippen LogP contribution in [0, 0.1) is 6.92 Å². The third-order valence-electron chi connectivity index (χ3n) is 1.43. The van der Waals surface area contributed by atoms with Crippen LogP contribution < -0.4 is 5.73 Å². The van der Waals surface area contributed by atoms with Gasteiger partial charge in [0, 0.05) is 11.8 Å². The van der Waals surface area contributed by atoms with Crippen LogP contribution in [-0.2, 0) is 6.54 Å². The van der Waals surface area contributed by atoms with Crippen LogP contribution in [0.1, 0.15) is 12.5 Å². The maximum absolute atomic E-state index is 9.00. The Bertz CT molecular complexity index is 222. The lowest BCUT2D eigenvalue weighted by atomic mass is 10.4. The van der Waals surface area contributed by atoms with E-state index in [-0.39, 0.29) is 6.10 Å². The summed E-state index contributed by atoms with van der Waals surface area (Å²) in [5, 5.41) is 13.0. The van der Waals surface area contributed by atoms with Crippen LogP contribution in [-0.4, -0.2) is 21.0 Å². The van der Waals surface area contributed by atoms with Crippen molar-refractivity contribution in [2.45, 2.75) is 26.5 Å². The quantitative estimate of drug-likeness (QED) is 0.639. The number of aliphatic hydroxyl groups is 1. The minimum atomic E-state index is -0.381. The number of hydrogen-bond donors (Lipinski definition) is 2. The highest BCUT2D eigenvalue weighted by Gasteiger charge is 2.02. The monoisotopic (exact) mass is 155 g/mol. The van der Waals surface area contributed by atoms with E-state index in [1.54, 1.807) is 11.6 Å². The second kappa shape index (κ2) is 2.92. The Balaban J connectivity index is 2.73. The molecular formula is C7H13N3O. The minimum absolute atomic E-state index is 0.381. The Hall–Kier alpha value is -1.03. The Morgan fingerprint density at radius 2 is 2.45 bits per heavy atom. The molecule has 62 valence electrons. The van der Waals surface area contributed by atoms with Crippen molar-refractivity contribution < 1.29 is 5.11 Å². The molecule has 1 heterocycles. The molecule has 0 aliphatic rings. The Morgan fingerprint density at radius 1 is 1.82 bits per heavy atom. The summed E-state index contributed by atoms with van der Waals surface area (Å²) in [6.45, 7) is 4.10. The molecule has 0 fully saturated rings. The van der Waals surface area contributed by atoms with Gasteiger partial charge in [-0.3, -0.25) is 4.68 Å². The molecule has 4 heteroatoms. The Morgan fingerprint density at radius 3 is 2.82 bits per heavy atom. The van der Waals surface area contributed by atoms with E-state index in [0.717, 1.165) is 5.56 Å². The van der Waals surface area contributed by atoms with Gasteiger partial charge in [-0.05, 0) is 13.8 Å². The predicted octanol–water partition coefficient (Wildman–Crippen LogP) is 0.155. The molecule has 0 saturated carbocycles. The van der Waals surface area contributed by atoms with Gasteiger partial charge in [0.1, 0.15) is 5.82 Å². The number of rotatable bonds is 2. The summed E-state index contributed by atoms with van der Waals surface area (Å²) >= 11 is 0. The third-order valence-corrected chi connectivity index (χ3v) is 1.43. The van der Waals surface area contributed by atoms with Crippen molar-refractivity contribution in [3.63, 3.8) is 0 Å². The fraction of sp³-hybridized carbons (Fsp3) is 0.571. The Kier molecular flexibility index (Phi) is 2.14. The highest BCUT2D eigenvalue weighted by atomic mass is 16.3. The highest BCUT2D eigenvalue weighted by molar-refractivity contribution is 5.35. The van der Waals surface area contributed by atoms with Crippen molar-refractivity contribution in [1.29, 1.82) is 0 Å². The molecule has 1 unspecified atom stereocenters. The van der Waals surface area contributed by atoms with Gasteiger partial charge in [-0.2, -0.15) is 5.10 Å². The second-order valence-electron chi connectivity index (χ2n) is 2.77. The molecule has 4 nitrogen and oxygen atoms in total. The average molecular weight is 155 g/mol.